The van der Waals surface area contributed by atoms with Crippen LogP contribution in [0.3, 0.4) is 0 Å². The molecule has 0 saturated carbocycles. The summed E-state index contributed by atoms with van der Waals surface area (Å²) >= 11 is 4.97. The van der Waals surface area contributed by atoms with E-state index in [1.807, 2.05) is 13.0 Å². The third-order valence-corrected chi connectivity index (χ3v) is 4.51. The number of hydrogen-bond donors (Lipinski definition) is 4. The van der Waals surface area contributed by atoms with E-state index >= 15 is 0 Å². The van der Waals surface area contributed by atoms with Crippen LogP contribution < -0.4 is 21.5 Å². The molecule has 3 aromatic carbocycles. The number of halogens is 1. The summed E-state index contributed by atoms with van der Waals surface area (Å²) in [6, 6.07) is 18.4. The van der Waals surface area contributed by atoms with Gasteiger partial charge < -0.3 is 5.32 Å². The van der Waals surface area contributed by atoms with Crippen molar-refractivity contribution in [3.05, 3.63) is 101 Å². The maximum absolute atomic E-state index is 12.9. The first-order valence-corrected chi connectivity index (χ1v) is 9.88. The largest absolute Gasteiger partial charge is 0.322 e. The van der Waals surface area contributed by atoms with Gasteiger partial charge in [-0.25, -0.2) is 4.39 Å². The molecule has 0 saturated heterocycles. The lowest BCUT2D eigenvalue weighted by Crippen LogP contribution is -2.48. The number of nitrogens with one attached hydrogen (secondary N) is 4. The minimum Gasteiger partial charge on any atom is -0.322 e. The number of thiocarbonyl (C=S) groups is 1. The van der Waals surface area contributed by atoms with E-state index in [9.17, 15) is 18.8 Å². The minimum atomic E-state index is -0.551. The Bertz CT molecular complexity index is 1160. The monoisotopic (exact) mass is 450 g/mol. The van der Waals surface area contributed by atoms with Gasteiger partial charge in [0.1, 0.15) is 5.82 Å². The van der Waals surface area contributed by atoms with Gasteiger partial charge in [0.15, 0.2) is 5.11 Å². The molecule has 162 valence electrons. The van der Waals surface area contributed by atoms with Gasteiger partial charge in [0, 0.05) is 22.4 Å². The maximum atomic E-state index is 12.9. The number of aryl methyl sites for hydroxylation is 1. The smallest absolute Gasteiger partial charge is 0.269 e. The number of hydrogen-bond acceptors (Lipinski definition) is 4. The Kier molecular flexibility index (Phi) is 7.25. The predicted octanol–water partition coefficient (Wildman–Crippen LogP) is 3.34. The van der Waals surface area contributed by atoms with E-state index in [2.05, 4.69) is 21.5 Å². The molecule has 0 heterocycles. The van der Waals surface area contributed by atoms with E-state index in [1.165, 1.54) is 24.3 Å². The number of anilines is 1. The number of amides is 3. The molecule has 9 heteroatoms. The fourth-order valence-corrected chi connectivity index (χ4v) is 2.83. The van der Waals surface area contributed by atoms with Gasteiger partial charge in [0.2, 0.25) is 0 Å². The van der Waals surface area contributed by atoms with Crippen molar-refractivity contribution in [2.24, 2.45) is 0 Å². The molecular weight excluding hydrogens is 431 g/mol. The molecule has 0 unspecified atom stereocenters. The number of carbonyl (C=O) groups is 3. The summed E-state index contributed by atoms with van der Waals surface area (Å²) < 4.78 is 12.9. The van der Waals surface area contributed by atoms with Gasteiger partial charge in [-0.2, -0.15) is 0 Å². The van der Waals surface area contributed by atoms with Crippen LogP contribution in [-0.2, 0) is 0 Å². The second-order valence-electron chi connectivity index (χ2n) is 6.77. The van der Waals surface area contributed by atoms with Gasteiger partial charge >= 0.3 is 0 Å². The van der Waals surface area contributed by atoms with E-state index in [4.69, 9.17) is 12.2 Å². The van der Waals surface area contributed by atoms with E-state index in [0.717, 1.165) is 17.7 Å². The Balaban J connectivity index is 1.50. The molecule has 7 nitrogen and oxygen atoms in total. The van der Waals surface area contributed by atoms with Gasteiger partial charge in [-0.1, -0.05) is 17.7 Å². The van der Waals surface area contributed by atoms with Crippen LogP contribution in [0, 0.1) is 12.7 Å². The summed E-state index contributed by atoms with van der Waals surface area (Å²) in [5, 5.41) is 5.00. The average Bonchev–Trinajstić information content (AvgIpc) is 2.78. The molecule has 0 fully saturated rings. The molecule has 0 bridgehead atoms. The molecule has 0 atom stereocenters. The third kappa shape index (κ3) is 6.19. The minimum absolute atomic E-state index is 0.130. The van der Waals surface area contributed by atoms with Crippen molar-refractivity contribution in [2.75, 3.05) is 5.32 Å². The van der Waals surface area contributed by atoms with Crippen LogP contribution in [0.1, 0.15) is 36.6 Å². The average molecular weight is 450 g/mol. The SMILES string of the molecule is Cc1cccc(C(=O)Nc2ccc(C(=O)NNC(=S)NC(=O)c3ccc(F)cc3)cc2)c1. The van der Waals surface area contributed by atoms with Crippen molar-refractivity contribution >= 4 is 40.7 Å². The van der Waals surface area contributed by atoms with Gasteiger partial charge in [0.25, 0.3) is 17.7 Å². The van der Waals surface area contributed by atoms with Crippen molar-refractivity contribution < 1.29 is 18.8 Å². The van der Waals surface area contributed by atoms with Crippen molar-refractivity contribution in [3.8, 4) is 0 Å². The molecule has 0 spiro atoms. The Morgan fingerprint density at radius 1 is 0.750 bits per heavy atom. The Labute approximate surface area is 189 Å². The molecule has 3 rings (SSSR count). The van der Waals surface area contributed by atoms with E-state index in [0.29, 0.717) is 16.8 Å². The second-order valence-corrected chi connectivity index (χ2v) is 7.18. The zero-order chi connectivity index (χ0) is 23.1. The highest BCUT2D eigenvalue weighted by Gasteiger charge is 2.11. The summed E-state index contributed by atoms with van der Waals surface area (Å²) in [7, 11) is 0. The zero-order valence-electron chi connectivity index (χ0n) is 16.9. The van der Waals surface area contributed by atoms with Crippen LogP contribution in [0.25, 0.3) is 0 Å². The van der Waals surface area contributed by atoms with Gasteiger partial charge in [-0.05, 0) is 79.8 Å². The number of benzene rings is 3. The first-order valence-electron chi connectivity index (χ1n) is 9.47. The van der Waals surface area contributed by atoms with Gasteiger partial charge in [-0.15, -0.1) is 0 Å². The Hall–Kier alpha value is -4.11. The highest BCUT2D eigenvalue weighted by atomic mass is 32.1. The second kappa shape index (κ2) is 10.3. The number of carbonyl (C=O) groups excluding carboxylic acids is 3. The highest BCUT2D eigenvalue weighted by Crippen LogP contribution is 2.12. The van der Waals surface area contributed by atoms with Gasteiger partial charge in [0.05, 0.1) is 0 Å². The third-order valence-electron chi connectivity index (χ3n) is 4.31. The van der Waals surface area contributed by atoms with Crippen molar-refractivity contribution in [1.82, 2.24) is 16.2 Å². The maximum Gasteiger partial charge on any atom is 0.269 e. The lowest BCUT2D eigenvalue weighted by atomic mass is 10.1. The fourth-order valence-electron chi connectivity index (χ4n) is 2.69. The van der Waals surface area contributed by atoms with Crippen LogP contribution >= 0.6 is 12.2 Å². The summed E-state index contributed by atoms with van der Waals surface area (Å²) in [6.45, 7) is 1.90. The zero-order valence-corrected chi connectivity index (χ0v) is 17.8. The topological polar surface area (TPSA) is 99.3 Å². The molecule has 3 amide bonds. The Morgan fingerprint density at radius 3 is 2.03 bits per heavy atom. The lowest BCUT2D eigenvalue weighted by Gasteiger charge is -2.11. The molecule has 32 heavy (non-hydrogen) atoms. The fraction of sp³-hybridized carbons (Fsp3) is 0.0435. The molecule has 0 aromatic heterocycles. The van der Waals surface area contributed by atoms with E-state index in [-0.39, 0.29) is 16.6 Å². The van der Waals surface area contributed by atoms with Crippen LogP contribution in [0.2, 0.25) is 0 Å². The summed E-state index contributed by atoms with van der Waals surface area (Å²) in [6.07, 6.45) is 0. The van der Waals surface area contributed by atoms with Crippen LogP contribution in [-0.4, -0.2) is 22.8 Å². The summed E-state index contributed by atoms with van der Waals surface area (Å²) in [5.74, 6) is -1.77. The first-order chi connectivity index (χ1) is 15.3. The molecule has 0 aliphatic heterocycles. The molecular formula is C23H19FN4O3S. The molecule has 0 aliphatic rings. The first kappa shape index (κ1) is 22.6. The predicted molar refractivity (Wildman–Crippen MR) is 123 cm³/mol. The number of rotatable bonds is 4. The Morgan fingerprint density at radius 2 is 1.38 bits per heavy atom. The summed E-state index contributed by atoms with van der Waals surface area (Å²) in [5.41, 5.74) is 7.35. The van der Waals surface area contributed by atoms with E-state index in [1.54, 1.807) is 30.3 Å². The van der Waals surface area contributed by atoms with Gasteiger partial charge in [-0.3, -0.25) is 30.6 Å². The van der Waals surface area contributed by atoms with Crippen LogP contribution in [0.15, 0.2) is 72.8 Å². The molecule has 3 aromatic rings. The van der Waals surface area contributed by atoms with Crippen molar-refractivity contribution in [1.29, 1.82) is 0 Å². The van der Waals surface area contributed by atoms with Crippen molar-refractivity contribution in [3.63, 3.8) is 0 Å². The normalized spacial score (nSPS) is 10.1. The lowest BCUT2D eigenvalue weighted by molar-refractivity contribution is 0.0934. The summed E-state index contributed by atoms with van der Waals surface area (Å²) in [4.78, 5) is 36.6. The molecule has 0 aliphatic carbocycles. The van der Waals surface area contributed by atoms with Crippen LogP contribution in [0.5, 0.6) is 0 Å². The van der Waals surface area contributed by atoms with E-state index < -0.39 is 17.6 Å². The molecule has 4 N–H and O–H groups in total. The quantitative estimate of drug-likeness (QED) is 0.361. The molecule has 0 radical (unpaired) electrons. The van der Waals surface area contributed by atoms with Crippen LogP contribution in [0.4, 0.5) is 10.1 Å². The van der Waals surface area contributed by atoms with Crippen molar-refractivity contribution in [2.45, 2.75) is 6.92 Å². The highest BCUT2D eigenvalue weighted by molar-refractivity contribution is 7.80. The standard InChI is InChI=1S/C23H19FN4O3S/c1-14-3-2-4-17(13-14)21(30)25-19-11-7-16(8-12-19)22(31)27-28-23(32)26-20(29)15-5-9-18(24)10-6-15/h2-13H,1H3,(H,25,30)(H,27,31)(H2,26,28,29,32). The number of hydrazine groups is 1.